The van der Waals surface area contributed by atoms with E-state index in [1.807, 2.05) is 0 Å². The summed E-state index contributed by atoms with van der Waals surface area (Å²) in [6.45, 7) is 3.06. The van der Waals surface area contributed by atoms with Crippen LogP contribution in [0, 0.1) is 0 Å². The number of phosphoric acid groups is 1. The third-order valence-corrected chi connectivity index (χ3v) is 0. The molecule has 0 radical (unpaired) electrons. The van der Waals surface area contributed by atoms with Gasteiger partial charge in [0, 0.05) is 0 Å². The largest absolute Gasteiger partial charge is 1.00 e. The molecule has 0 unspecified atom stereocenters. The van der Waals surface area contributed by atoms with Crippen LogP contribution < -0.4 is 169 Å². The summed E-state index contributed by atoms with van der Waals surface area (Å²) in [6.07, 6.45) is 0. The quantitative estimate of drug-likeness (QED) is 0.321. The average molecular weight is 270 g/mol. The fourth-order valence-electron chi connectivity index (χ4n) is 0. The van der Waals surface area contributed by atoms with Crippen LogP contribution >= 0.6 is 7.82 Å². The summed E-state index contributed by atoms with van der Waals surface area (Å²) < 4.78 is 8.55. The van der Waals surface area contributed by atoms with Crippen LogP contribution in [0.2, 0.25) is 0 Å². The third kappa shape index (κ3) is 125. The van der Waals surface area contributed by atoms with E-state index < -0.39 is 7.82 Å². The van der Waals surface area contributed by atoms with E-state index in [1.54, 1.807) is 0 Å². The Balaban J connectivity index is -0.0000000221. The first-order valence-corrected chi connectivity index (χ1v) is 3.40. The number of hydrogen-bond acceptors (Lipinski definition) is 5. The summed E-state index contributed by atoms with van der Waals surface area (Å²) >= 11 is 0. The number of hydrogen-bond donors (Lipinski definition) is 0. The van der Waals surface area contributed by atoms with Crippen LogP contribution in [0.1, 0.15) is 13.8 Å². The van der Waals surface area contributed by atoms with Crippen LogP contribution in [0.3, 0.4) is 0 Å². The monoisotopic (exact) mass is 270 g/mol. The molecule has 0 atom stereocenters. The number of rotatable bonds is 0. The maximum absolute atomic E-state index is 9.44. The Morgan fingerprint density at radius 3 is 1.00 bits per heavy atom. The Morgan fingerprint density at radius 1 is 1.00 bits per heavy atom. The van der Waals surface area contributed by atoms with Gasteiger partial charge < -0.3 is 24.0 Å². The number of Topliss-reactive ketones (excluding diaryl/α,β-unsaturated/α-hetero) is 1. The van der Waals surface area contributed by atoms with Crippen molar-refractivity contribution < 1.29 is 178 Å². The number of carbonyl (C=O) groups excluding carboxylic acids is 1. The van der Waals surface area contributed by atoms with E-state index >= 15 is 0 Å². The van der Waals surface area contributed by atoms with Crippen molar-refractivity contribution in [1.82, 2.24) is 0 Å². The van der Waals surface area contributed by atoms with Gasteiger partial charge in [0.1, 0.15) is 5.78 Å². The van der Waals surface area contributed by atoms with Crippen LogP contribution in [0.5, 0.6) is 0 Å². The minimum atomic E-state index is -5.39. The summed E-state index contributed by atoms with van der Waals surface area (Å²) in [5.74, 6) is 0.167. The minimum Gasteiger partial charge on any atom is -0.822 e. The summed E-state index contributed by atoms with van der Waals surface area (Å²) in [5.41, 5.74) is 0. The SMILES string of the molecule is CC(C)=O.O=P([O-])([O-])[O-].[K+].[K+].[K+]. The molecule has 56 valence electrons. The Morgan fingerprint density at radius 2 is 1.00 bits per heavy atom. The molecule has 0 heterocycles. The summed E-state index contributed by atoms with van der Waals surface area (Å²) in [6, 6.07) is 0. The smallest absolute Gasteiger partial charge is 0.822 e. The molecule has 0 rings (SSSR count). The minimum absolute atomic E-state index is 0. The van der Waals surface area contributed by atoms with E-state index in [1.165, 1.54) is 13.8 Å². The Hall–Kier alpha value is 4.69. The molecule has 0 amide bonds. The van der Waals surface area contributed by atoms with Crippen molar-refractivity contribution in [2.75, 3.05) is 0 Å². The molecular weight excluding hydrogens is 264 g/mol. The van der Waals surface area contributed by atoms with Gasteiger partial charge in [-0.1, -0.05) is 0 Å². The maximum atomic E-state index is 9.44. The molecule has 0 aliphatic rings. The Kier molecular flexibility index (Phi) is 45.3. The van der Waals surface area contributed by atoms with Gasteiger partial charge in [0.15, 0.2) is 0 Å². The fourth-order valence-corrected chi connectivity index (χ4v) is 0. The molecule has 0 N–H and O–H groups in total. The Labute approximate surface area is 199 Å². The van der Waals surface area contributed by atoms with Crippen LogP contribution in [-0.4, -0.2) is 5.78 Å². The van der Waals surface area contributed by atoms with E-state index in [-0.39, 0.29) is 160 Å². The summed E-state index contributed by atoms with van der Waals surface area (Å²) in [5, 5.41) is 0. The fraction of sp³-hybridized carbons (Fsp3) is 0.667. The predicted molar refractivity (Wildman–Crippen MR) is 24.0 cm³/mol. The first-order valence-electron chi connectivity index (χ1n) is 1.93. The molecule has 9 heteroatoms. The molecule has 0 aliphatic heterocycles. The molecule has 0 fully saturated rings. The van der Waals surface area contributed by atoms with Gasteiger partial charge in [0.05, 0.1) is 0 Å². The molecule has 5 nitrogen and oxygen atoms in total. The molecule has 0 aliphatic carbocycles. The van der Waals surface area contributed by atoms with Crippen molar-refractivity contribution in [2.24, 2.45) is 0 Å². The van der Waals surface area contributed by atoms with E-state index in [4.69, 9.17) is 19.2 Å². The molecule has 0 bridgehead atoms. The predicted octanol–water partition coefficient (Wildman–Crippen LogP) is -11.2. The summed E-state index contributed by atoms with van der Waals surface area (Å²) in [4.78, 5) is 35.1. The molecule has 0 aromatic heterocycles. The van der Waals surface area contributed by atoms with Crippen molar-refractivity contribution in [1.29, 1.82) is 0 Å². The van der Waals surface area contributed by atoms with E-state index in [0.717, 1.165) is 0 Å². The number of carbonyl (C=O) groups is 1. The van der Waals surface area contributed by atoms with Crippen molar-refractivity contribution in [3.05, 3.63) is 0 Å². The first-order chi connectivity index (χ1) is 3.73. The van der Waals surface area contributed by atoms with Crippen molar-refractivity contribution in [2.45, 2.75) is 13.8 Å². The molecule has 0 aromatic rings. The van der Waals surface area contributed by atoms with E-state index in [0.29, 0.717) is 0 Å². The van der Waals surface area contributed by atoms with Crippen LogP contribution in [0.15, 0.2) is 0 Å². The second-order valence-electron chi connectivity index (χ2n) is 1.36. The van der Waals surface area contributed by atoms with E-state index in [9.17, 15) is 4.79 Å². The number of ketones is 1. The van der Waals surface area contributed by atoms with Gasteiger partial charge in [-0.25, -0.2) is 0 Å². The van der Waals surface area contributed by atoms with Gasteiger partial charge in [0.2, 0.25) is 0 Å². The van der Waals surface area contributed by atoms with Gasteiger partial charge in [-0.2, -0.15) is 7.82 Å². The van der Waals surface area contributed by atoms with Gasteiger partial charge in [-0.15, -0.1) is 0 Å². The standard InChI is InChI=1S/C3H6O.3K.H3O4P/c1-3(2)4;;;;1-5(2,3)4/h1-2H3;;;;(H3,1,2,3,4)/q;3*+1;/p-3. The van der Waals surface area contributed by atoms with Crippen LogP contribution in [0.4, 0.5) is 0 Å². The van der Waals surface area contributed by atoms with Gasteiger partial charge >= 0.3 is 154 Å². The maximum Gasteiger partial charge on any atom is 1.00 e. The zero-order valence-corrected chi connectivity index (χ0v) is 18.3. The van der Waals surface area contributed by atoms with Crippen molar-refractivity contribution >= 4 is 13.6 Å². The van der Waals surface area contributed by atoms with E-state index in [2.05, 4.69) is 0 Å². The first kappa shape index (κ1) is 30.1. The third-order valence-electron chi connectivity index (χ3n) is 0. The molecule has 0 saturated carbocycles. The molecular formula is C3H6K3O5P. The Bertz CT molecular complexity index is 122. The second-order valence-corrected chi connectivity index (χ2v) is 2.25. The summed E-state index contributed by atoms with van der Waals surface area (Å²) in [7, 11) is -5.39. The van der Waals surface area contributed by atoms with Crippen LogP contribution in [0.25, 0.3) is 0 Å². The van der Waals surface area contributed by atoms with Crippen LogP contribution in [-0.2, 0) is 9.36 Å². The molecule has 12 heavy (non-hydrogen) atoms. The molecule has 0 aromatic carbocycles. The van der Waals surface area contributed by atoms with Gasteiger partial charge in [-0.05, 0) is 13.8 Å². The molecule has 0 saturated heterocycles. The normalized spacial score (nSPS) is 7.08. The second kappa shape index (κ2) is 18.1. The zero-order valence-electron chi connectivity index (χ0n) is 7.99. The topological polar surface area (TPSA) is 103 Å². The zero-order chi connectivity index (χ0) is 8.08. The average Bonchev–Trinajstić information content (AvgIpc) is 1.19. The van der Waals surface area contributed by atoms with Crippen molar-refractivity contribution in [3.8, 4) is 0 Å². The molecule has 0 spiro atoms. The van der Waals surface area contributed by atoms with Gasteiger partial charge in [-0.3, -0.25) is 0 Å². The van der Waals surface area contributed by atoms with Gasteiger partial charge in [0.25, 0.3) is 0 Å². The van der Waals surface area contributed by atoms with Crippen molar-refractivity contribution in [3.63, 3.8) is 0 Å².